The predicted octanol–water partition coefficient (Wildman–Crippen LogP) is 1.75. The second-order valence-corrected chi connectivity index (χ2v) is 3.67. The molecule has 1 aliphatic carbocycles. The second-order valence-electron chi connectivity index (χ2n) is 2.49. The van der Waals surface area contributed by atoms with Crippen LogP contribution >= 0.6 is 23.2 Å². The number of alkyl halides is 2. The normalized spacial score (nSPS) is 45.0. The van der Waals surface area contributed by atoms with E-state index in [4.69, 9.17) is 28.3 Å². The second kappa shape index (κ2) is 3.09. The first-order valence-corrected chi connectivity index (χ1v) is 4.03. The van der Waals surface area contributed by atoms with Gasteiger partial charge in [-0.15, -0.1) is 23.2 Å². The minimum absolute atomic E-state index is 0.0694. The van der Waals surface area contributed by atoms with E-state index in [2.05, 4.69) is 0 Å². The van der Waals surface area contributed by atoms with Crippen LogP contribution in [-0.4, -0.2) is 22.0 Å². The summed E-state index contributed by atoms with van der Waals surface area (Å²) in [5.74, 6) is 0. The van der Waals surface area contributed by atoms with Crippen molar-refractivity contribution >= 4 is 23.2 Å². The van der Waals surface area contributed by atoms with E-state index in [0.717, 1.165) is 12.8 Å². The van der Waals surface area contributed by atoms with Gasteiger partial charge in [-0.05, 0) is 19.3 Å². The third-order valence-electron chi connectivity index (χ3n) is 1.67. The SMILES string of the molecule is OC1CC(Cl)CCC1Cl. The van der Waals surface area contributed by atoms with E-state index >= 15 is 0 Å². The zero-order valence-electron chi connectivity index (χ0n) is 5.06. The third kappa shape index (κ3) is 1.99. The Morgan fingerprint density at radius 1 is 1.22 bits per heavy atom. The van der Waals surface area contributed by atoms with Crippen LogP contribution in [-0.2, 0) is 0 Å². The summed E-state index contributed by atoms with van der Waals surface area (Å²) in [5.41, 5.74) is 0. The Morgan fingerprint density at radius 2 is 1.89 bits per heavy atom. The molecule has 1 saturated carbocycles. The van der Waals surface area contributed by atoms with Gasteiger partial charge in [-0.1, -0.05) is 0 Å². The number of aliphatic hydroxyl groups excluding tert-OH is 1. The summed E-state index contributed by atoms with van der Waals surface area (Å²) in [5, 5.41) is 9.20. The van der Waals surface area contributed by atoms with Crippen LogP contribution in [0.5, 0.6) is 0 Å². The molecule has 1 fully saturated rings. The highest BCUT2D eigenvalue weighted by atomic mass is 35.5. The van der Waals surface area contributed by atoms with E-state index < -0.39 is 0 Å². The number of halogens is 2. The number of rotatable bonds is 0. The molecule has 0 aromatic heterocycles. The Hall–Kier alpha value is 0.540. The van der Waals surface area contributed by atoms with Crippen LogP contribution in [0.4, 0.5) is 0 Å². The molecule has 3 atom stereocenters. The Morgan fingerprint density at radius 3 is 2.33 bits per heavy atom. The first kappa shape index (κ1) is 7.64. The predicted molar refractivity (Wildman–Crippen MR) is 39.1 cm³/mol. The number of hydrogen-bond acceptors (Lipinski definition) is 1. The van der Waals surface area contributed by atoms with Crippen molar-refractivity contribution in [1.82, 2.24) is 0 Å². The van der Waals surface area contributed by atoms with Gasteiger partial charge in [-0.2, -0.15) is 0 Å². The van der Waals surface area contributed by atoms with Gasteiger partial charge in [0.15, 0.2) is 0 Å². The standard InChI is InChI=1S/C6H10Cl2O/c7-4-1-2-5(8)6(9)3-4/h4-6,9H,1-3H2. The van der Waals surface area contributed by atoms with Gasteiger partial charge in [-0.25, -0.2) is 0 Å². The van der Waals surface area contributed by atoms with Gasteiger partial charge in [0.05, 0.1) is 11.5 Å². The smallest absolute Gasteiger partial charge is 0.0717 e. The summed E-state index contributed by atoms with van der Waals surface area (Å²) in [6, 6.07) is 0. The molecule has 0 aromatic carbocycles. The summed E-state index contributed by atoms with van der Waals surface area (Å²) in [6.07, 6.45) is 2.04. The molecule has 3 heteroatoms. The maximum atomic E-state index is 9.13. The highest BCUT2D eigenvalue weighted by Crippen LogP contribution is 2.26. The summed E-state index contributed by atoms with van der Waals surface area (Å²) >= 11 is 11.5. The molecule has 54 valence electrons. The fourth-order valence-electron chi connectivity index (χ4n) is 1.06. The summed E-state index contributed by atoms with van der Waals surface area (Å²) in [6.45, 7) is 0. The highest BCUT2D eigenvalue weighted by Gasteiger charge is 2.25. The molecule has 1 N–H and O–H groups in total. The van der Waals surface area contributed by atoms with Crippen molar-refractivity contribution in [3.63, 3.8) is 0 Å². The molecule has 9 heavy (non-hydrogen) atoms. The highest BCUT2D eigenvalue weighted by molar-refractivity contribution is 6.22. The van der Waals surface area contributed by atoms with Gasteiger partial charge in [-0.3, -0.25) is 0 Å². The van der Waals surface area contributed by atoms with Crippen LogP contribution in [0.2, 0.25) is 0 Å². The van der Waals surface area contributed by atoms with Crippen molar-refractivity contribution in [2.45, 2.75) is 36.1 Å². The fourth-order valence-corrected chi connectivity index (χ4v) is 1.60. The van der Waals surface area contributed by atoms with Crippen molar-refractivity contribution < 1.29 is 5.11 Å². The van der Waals surface area contributed by atoms with Crippen molar-refractivity contribution in [1.29, 1.82) is 0 Å². The maximum Gasteiger partial charge on any atom is 0.0717 e. The van der Waals surface area contributed by atoms with Crippen molar-refractivity contribution in [3.8, 4) is 0 Å². The monoisotopic (exact) mass is 168 g/mol. The molecule has 1 nitrogen and oxygen atoms in total. The molecule has 0 bridgehead atoms. The van der Waals surface area contributed by atoms with Crippen molar-refractivity contribution in [2.75, 3.05) is 0 Å². The van der Waals surface area contributed by atoms with E-state index in [9.17, 15) is 0 Å². The van der Waals surface area contributed by atoms with Crippen LogP contribution in [0.1, 0.15) is 19.3 Å². The topological polar surface area (TPSA) is 20.2 Å². The zero-order chi connectivity index (χ0) is 6.85. The third-order valence-corrected chi connectivity index (χ3v) is 2.58. The van der Waals surface area contributed by atoms with Gasteiger partial charge in [0, 0.05) is 5.38 Å². The summed E-state index contributed by atoms with van der Waals surface area (Å²) in [7, 11) is 0. The van der Waals surface area contributed by atoms with Gasteiger partial charge in [0.1, 0.15) is 0 Å². The molecule has 1 rings (SSSR count). The molecular weight excluding hydrogens is 159 g/mol. The molecule has 0 spiro atoms. The van der Waals surface area contributed by atoms with E-state index in [-0.39, 0.29) is 16.9 Å². The Bertz CT molecular complexity index is 97.1. The average molecular weight is 169 g/mol. The lowest BCUT2D eigenvalue weighted by Gasteiger charge is -2.25. The van der Waals surface area contributed by atoms with Crippen molar-refractivity contribution in [3.05, 3.63) is 0 Å². The molecule has 0 radical (unpaired) electrons. The minimum atomic E-state index is -0.386. The molecular formula is C6H10Cl2O. The van der Waals surface area contributed by atoms with Crippen molar-refractivity contribution in [2.24, 2.45) is 0 Å². The molecule has 0 amide bonds. The van der Waals surface area contributed by atoms with E-state index in [0.29, 0.717) is 6.42 Å². The molecule has 3 unspecified atom stereocenters. The van der Waals surface area contributed by atoms with Gasteiger partial charge in [0.25, 0.3) is 0 Å². The van der Waals surface area contributed by atoms with Gasteiger partial charge >= 0.3 is 0 Å². The van der Waals surface area contributed by atoms with E-state index in [1.165, 1.54) is 0 Å². The molecule has 1 aliphatic rings. The minimum Gasteiger partial charge on any atom is -0.392 e. The van der Waals surface area contributed by atoms with Crippen LogP contribution in [0.3, 0.4) is 0 Å². The van der Waals surface area contributed by atoms with Crippen LogP contribution in [0, 0.1) is 0 Å². The summed E-state index contributed by atoms with van der Waals surface area (Å²) < 4.78 is 0. The Kier molecular flexibility index (Phi) is 2.62. The van der Waals surface area contributed by atoms with Crippen LogP contribution in [0.25, 0.3) is 0 Å². The molecule has 0 saturated heterocycles. The largest absolute Gasteiger partial charge is 0.392 e. The average Bonchev–Trinajstić information content (AvgIpc) is 1.80. The lowest BCUT2D eigenvalue weighted by molar-refractivity contribution is 0.136. The number of aliphatic hydroxyl groups is 1. The lowest BCUT2D eigenvalue weighted by Crippen LogP contribution is -2.30. The first-order chi connectivity index (χ1) is 4.20. The maximum absolute atomic E-state index is 9.13. The Balaban J connectivity index is 2.35. The molecule has 0 aromatic rings. The van der Waals surface area contributed by atoms with E-state index in [1.807, 2.05) is 0 Å². The lowest BCUT2D eigenvalue weighted by atomic mass is 9.97. The zero-order valence-corrected chi connectivity index (χ0v) is 6.57. The number of hydrogen-bond donors (Lipinski definition) is 1. The quantitative estimate of drug-likeness (QED) is 0.547. The van der Waals surface area contributed by atoms with Gasteiger partial charge < -0.3 is 5.11 Å². The first-order valence-electron chi connectivity index (χ1n) is 3.16. The summed E-state index contributed by atoms with van der Waals surface area (Å²) in [4.78, 5) is 0. The van der Waals surface area contributed by atoms with E-state index in [1.54, 1.807) is 0 Å². The van der Waals surface area contributed by atoms with Gasteiger partial charge in [0.2, 0.25) is 0 Å². The van der Waals surface area contributed by atoms with Crippen LogP contribution in [0.15, 0.2) is 0 Å². The molecule has 0 aliphatic heterocycles. The molecule has 0 heterocycles. The fraction of sp³-hybridized carbons (Fsp3) is 1.00. The Labute approximate surface area is 65.0 Å². The van der Waals surface area contributed by atoms with Crippen LogP contribution < -0.4 is 0 Å².